The Hall–Kier alpha value is 1.53. The fourth-order valence-corrected chi connectivity index (χ4v) is 0.0598. The number of hydrogen-bond donors (Lipinski definition) is 1. The first-order chi connectivity index (χ1) is 2.41. The molecule has 0 rings (SSSR count). The van der Waals surface area contributed by atoms with E-state index in [0.29, 0.717) is 0 Å². The molecular formula is C3H8FKO. The summed E-state index contributed by atoms with van der Waals surface area (Å²) in [6.45, 7) is -0.438. The molecule has 0 saturated heterocycles. The Kier molecular flexibility index (Phi) is 17.0. The average molecular weight is 118 g/mol. The summed E-state index contributed by atoms with van der Waals surface area (Å²) < 4.78 is 10.8. The predicted octanol–water partition coefficient (Wildman–Crippen LogP) is -2.55. The summed E-state index contributed by atoms with van der Waals surface area (Å²) in [5.74, 6) is 0. The molecule has 0 bridgehead atoms. The van der Waals surface area contributed by atoms with Gasteiger partial charge >= 0.3 is 51.4 Å². The van der Waals surface area contributed by atoms with Gasteiger partial charge in [0.2, 0.25) is 0 Å². The van der Waals surface area contributed by atoms with E-state index in [2.05, 4.69) is 0 Å². The zero-order valence-electron chi connectivity index (χ0n) is 4.95. The van der Waals surface area contributed by atoms with E-state index in [1.807, 2.05) is 0 Å². The molecule has 0 aromatic carbocycles. The maximum Gasteiger partial charge on any atom is 1.00 e. The minimum Gasteiger partial charge on any atom is -1.00 e. The van der Waals surface area contributed by atoms with Gasteiger partial charge in [-0.15, -0.1) is 0 Å². The fourth-order valence-electron chi connectivity index (χ4n) is 0.0598. The molecule has 0 aliphatic rings. The third-order valence-electron chi connectivity index (χ3n) is 0.292. The number of halogens is 1. The predicted molar refractivity (Wildman–Crippen MR) is 18.8 cm³/mol. The van der Waals surface area contributed by atoms with Crippen LogP contribution in [0.15, 0.2) is 0 Å². The fraction of sp³-hybridized carbons (Fsp3) is 1.00. The van der Waals surface area contributed by atoms with Crippen molar-refractivity contribution in [3.05, 3.63) is 0 Å². The van der Waals surface area contributed by atoms with Crippen molar-refractivity contribution >= 4 is 0 Å². The van der Waals surface area contributed by atoms with Crippen LogP contribution in [0.2, 0.25) is 0 Å². The first kappa shape index (κ1) is 10.5. The third-order valence-corrected chi connectivity index (χ3v) is 0.292. The molecule has 0 amide bonds. The SMILES string of the molecule is OCCCF.[H-].[K+]. The van der Waals surface area contributed by atoms with Crippen LogP contribution in [0.25, 0.3) is 0 Å². The van der Waals surface area contributed by atoms with Gasteiger partial charge in [0.25, 0.3) is 0 Å². The van der Waals surface area contributed by atoms with Gasteiger partial charge in [-0.2, -0.15) is 0 Å². The molecule has 0 saturated carbocycles. The van der Waals surface area contributed by atoms with E-state index in [9.17, 15) is 4.39 Å². The molecule has 6 heavy (non-hydrogen) atoms. The van der Waals surface area contributed by atoms with Gasteiger partial charge in [-0.25, -0.2) is 0 Å². The van der Waals surface area contributed by atoms with Crippen molar-refractivity contribution in [3.8, 4) is 0 Å². The zero-order chi connectivity index (χ0) is 4.12. The van der Waals surface area contributed by atoms with Crippen LogP contribution in [0.4, 0.5) is 4.39 Å². The van der Waals surface area contributed by atoms with Crippen LogP contribution in [0.3, 0.4) is 0 Å². The van der Waals surface area contributed by atoms with E-state index in [1.165, 1.54) is 0 Å². The Morgan fingerprint density at radius 2 is 2.17 bits per heavy atom. The molecule has 0 spiro atoms. The van der Waals surface area contributed by atoms with E-state index in [0.717, 1.165) is 0 Å². The van der Waals surface area contributed by atoms with Crippen molar-refractivity contribution in [1.82, 2.24) is 0 Å². The van der Waals surface area contributed by atoms with Gasteiger partial charge < -0.3 is 6.53 Å². The van der Waals surface area contributed by atoms with E-state index in [-0.39, 0.29) is 65.8 Å². The first-order valence-electron chi connectivity index (χ1n) is 1.58. The first-order valence-corrected chi connectivity index (χ1v) is 1.58. The molecule has 1 nitrogen and oxygen atoms in total. The van der Waals surface area contributed by atoms with Crippen molar-refractivity contribution in [2.45, 2.75) is 6.42 Å². The van der Waals surface area contributed by atoms with Gasteiger partial charge in [-0.05, 0) is 6.42 Å². The quantitative estimate of drug-likeness (QED) is 0.396. The third kappa shape index (κ3) is 9.11. The Balaban J connectivity index is -0.0000000800. The van der Waals surface area contributed by atoms with E-state index < -0.39 is 6.67 Å². The molecule has 0 fully saturated rings. The molecule has 34 valence electrons. The monoisotopic (exact) mass is 118 g/mol. The van der Waals surface area contributed by atoms with Crippen molar-refractivity contribution in [2.24, 2.45) is 0 Å². The molecule has 0 aliphatic carbocycles. The second kappa shape index (κ2) is 9.73. The van der Waals surface area contributed by atoms with Crippen LogP contribution in [-0.2, 0) is 0 Å². The molecule has 0 aromatic heterocycles. The van der Waals surface area contributed by atoms with Crippen LogP contribution < -0.4 is 51.4 Å². The van der Waals surface area contributed by atoms with Crippen molar-refractivity contribution in [2.75, 3.05) is 13.3 Å². The summed E-state index contributed by atoms with van der Waals surface area (Å²) in [5, 5.41) is 7.83. The second-order valence-corrected chi connectivity index (χ2v) is 0.766. The standard InChI is InChI=1S/C3H7FO.K.H/c4-2-1-3-5;;/h5H,1-3H2;;/q;+1;-1. The maximum absolute atomic E-state index is 10.8. The van der Waals surface area contributed by atoms with Crippen molar-refractivity contribution in [1.29, 1.82) is 0 Å². The molecule has 0 atom stereocenters. The molecule has 0 radical (unpaired) electrons. The van der Waals surface area contributed by atoms with Crippen molar-refractivity contribution in [3.63, 3.8) is 0 Å². The van der Waals surface area contributed by atoms with Crippen LogP contribution >= 0.6 is 0 Å². The van der Waals surface area contributed by atoms with Crippen LogP contribution in [0.1, 0.15) is 7.85 Å². The van der Waals surface area contributed by atoms with Gasteiger partial charge in [0.1, 0.15) is 0 Å². The van der Waals surface area contributed by atoms with Gasteiger partial charge in [-0.3, -0.25) is 4.39 Å². The molecule has 3 heteroatoms. The number of aliphatic hydroxyl groups excluding tert-OH is 1. The van der Waals surface area contributed by atoms with Crippen LogP contribution in [-0.4, -0.2) is 18.4 Å². The second-order valence-electron chi connectivity index (χ2n) is 0.766. The van der Waals surface area contributed by atoms with Crippen molar-refractivity contribution < 1.29 is 62.3 Å². The van der Waals surface area contributed by atoms with Crippen LogP contribution in [0, 0.1) is 0 Å². The minimum atomic E-state index is -0.406. The number of aliphatic hydroxyl groups is 1. The zero-order valence-corrected chi connectivity index (χ0v) is 7.07. The summed E-state index contributed by atoms with van der Waals surface area (Å²) >= 11 is 0. The van der Waals surface area contributed by atoms with E-state index in [4.69, 9.17) is 5.11 Å². The minimum absolute atomic E-state index is 0. The van der Waals surface area contributed by atoms with Gasteiger partial charge in [0.05, 0.1) is 6.67 Å². The largest absolute Gasteiger partial charge is 1.00 e. The van der Waals surface area contributed by atoms with Gasteiger partial charge in [0, 0.05) is 6.61 Å². The molecule has 1 N–H and O–H groups in total. The Morgan fingerprint density at radius 3 is 2.17 bits per heavy atom. The summed E-state index contributed by atoms with van der Waals surface area (Å²) in [4.78, 5) is 0. The Bertz CT molecular complexity index is 22.4. The maximum atomic E-state index is 10.8. The molecule has 0 aromatic rings. The van der Waals surface area contributed by atoms with Gasteiger partial charge in [-0.1, -0.05) is 0 Å². The summed E-state index contributed by atoms with van der Waals surface area (Å²) in [6.07, 6.45) is 0.278. The Morgan fingerprint density at radius 1 is 1.67 bits per heavy atom. The molecule has 0 heterocycles. The van der Waals surface area contributed by atoms with E-state index in [1.54, 1.807) is 0 Å². The van der Waals surface area contributed by atoms with Gasteiger partial charge in [0.15, 0.2) is 0 Å². The molecular weight excluding hydrogens is 110 g/mol. The number of alkyl halides is 1. The summed E-state index contributed by atoms with van der Waals surface area (Å²) in [6, 6.07) is 0. The average Bonchev–Trinajstić information content (AvgIpc) is 1.41. The van der Waals surface area contributed by atoms with Crippen LogP contribution in [0.5, 0.6) is 0 Å². The Labute approximate surface area is 80.8 Å². The number of rotatable bonds is 2. The smallest absolute Gasteiger partial charge is 1.00 e. The normalized spacial score (nSPS) is 7.00. The molecule has 0 aliphatic heterocycles. The topological polar surface area (TPSA) is 20.2 Å². The summed E-state index contributed by atoms with van der Waals surface area (Å²) in [5.41, 5.74) is 0. The molecule has 0 unspecified atom stereocenters. The van der Waals surface area contributed by atoms with E-state index >= 15 is 0 Å². The number of hydrogen-bond acceptors (Lipinski definition) is 1. The summed E-state index contributed by atoms with van der Waals surface area (Å²) in [7, 11) is 0.